The molecular formula is C22H25BrCl2N2O2S. The molecule has 0 fully saturated rings. The highest BCUT2D eigenvalue weighted by molar-refractivity contribution is 9.10. The Balaban J connectivity index is 2.08. The van der Waals surface area contributed by atoms with Crippen molar-refractivity contribution in [3.05, 3.63) is 68.1 Å². The van der Waals surface area contributed by atoms with E-state index in [9.17, 15) is 9.59 Å². The van der Waals surface area contributed by atoms with Crippen LogP contribution in [0, 0.1) is 0 Å². The lowest BCUT2D eigenvalue weighted by atomic mass is 10.1. The number of benzene rings is 2. The van der Waals surface area contributed by atoms with Gasteiger partial charge in [-0.1, -0.05) is 64.3 Å². The highest BCUT2D eigenvalue weighted by atomic mass is 79.9. The van der Waals surface area contributed by atoms with Gasteiger partial charge in [-0.2, -0.15) is 0 Å². The van der Waals surface area contributed by atoms with Crippen LogP contribution < -0.4 is 5.32 Å². The van der Waals surface area contributed by atoms with Gasteiger partial charge in [0, 0.05) is 33.4 Å². The molecule has 162 valence electrons. The molecule has 0 aliphatic heterocycles. The number of thioether (sulfide) groups is 1. The van der Waals surface area contributed by atoms with E-state index in [2.05, 4.69) is 21.2 Å². The normalized spacial score (nSPS) is 11.8. The van der Waals surface area contributed by atoms with Gasteiger partial charge in [-0.15, -0.1) is 11.8 Å². The molecule has 2 rings (SSSR count). The molecule has 0 bridgehead atoms. The molecule has 0 heterocycles. The Morgan fingerprint density at radius 1 is 1.13 bits per heavy atom. The van der Waals surface area contributed by atoms with Gasteiger partial charge in [0.15, 0.2) is 0 Å². The van der Waals surface area contributed by atoms with E-state index in [1.165, 1.54) is 11.8 Å². The molecule has 0 aliphatic rings. The maximum atomic E-state index is 13.0. The highest BCUT2D eigenvalue weighted by Crippen LogP contribution is 2.28. The largest absolute Gasteiger partial charge is 0.354 e. The molecule has 30 heavy (non-hydrogen) atoms. The van der Waals surface area contributed by atoms with Gasteiger partial charge in [0.2, 0.25) is 11.8 Å². The Hall–Kier alpha value is -1.21. The molecule has 0 spiro atoms. The Kier molecular flexibility index (Phi) is 10.5. The number of hydrogen-bond donors (Lipinski definition) is 1. The minimum Gasteiger partial charge on any atom is -0.354 e. The van der Waals surface area contributed by atoms with Crippen LogP contribution in [0.5, 0.6) is 0 Å². The summed E-state index contributed by atoms with van der Waals surface area (Å²) in [4.78, 5) is 27.2. The second kappa shape index (κ2) is 12.6. The first-order valence-corrected chi connectivity index (χ1v) is 12.4. The van der Waals surface area contributed by atoms with E-state index in [1.54, 1.807) is 30.0 Å². The van der Waals surface area contributed by atoms with Crippen molar-refractivity contribution < 1.29 is 9.59 Å². The molecule has 2 aromatic rings. The highest BCUT2D eigenvalue weighted by Gasteiger charge is 2.26. The van der Waals surface area contributed by atoms with Crippen LogP contribution in [0.25, 0.3) is 0 Å². The third-order valence-electron chi connectivity index (χ3n) is 4.52. The average molecular weight is 532 g/mol. The van der Waals surface area contributed by atoms with Crippen molar-refractivity contribution in [3.63, 3.8) is 0 Å². The third-order valence-corrected chi connectivity index (χ3v) is 6.70. The summed E-state index contributed by atoms with van der Waals surface area (Å²) in [6.45, 7) is 4.70. The number of halogens is 3. The summed E-state index contributed by atoms with van der Waals surface area (Å²) in [7, 11) is 0. The van der Waals surface area contributed by atoms with Gasteiger partial charge in [0.25, 0.3) is 0 Å². The SMILES string of the molecule is CCCNC(=O)[C@H](C)N(Cc1ccc(Br)cc1)C(=O)CSCc1c(Cl)cccc1Cl. The molecule has 0 aliphatic carbocycles. The number of nitrogens with one attached hydrogen (secondary N) is 1. The van der Waals surface area contributed by atoms with Crippen LogP contribution in [0.15, 0.2) is 46.9 Å². The van der Waals surface area contributed by atoms with Crippen molar-refractivity contribution in [1.29, 1.82) is 0 Å². The minimum atomic E-state index is -0.572. The van der Waals surface area contributed by atoms with Crippen molar-refractivity contribution in [2.45, 2.75) is 38.6 Å². The summed E-state index contributed by atoms with van der Waals surface area (Å²) < 4.78 is 0.963. The molecule has 2 amide bonds. The van der Waals surface area contributed by atoms with Crippen LogP contribution in [-0.2, 0) is 21.9 Å². The standard InChI is InChI=1S/C22H25BrCl2N2O2S/c1-3-11-26-22(29)15(2)27(12-16-7-9-17(23)10-8-16)21(28)14-30-13-18-19(24)5-4-6-20(18)25/h4-10,15H,3,11-14H2,1-2H3,(H,26,29)/t15-/m0/s1. The van der Waals surface area contributed by atoms with Crippen molar-refractivity contribution in [3.8, 4) is 0 Å². The molecule has 0 unspecified atom stereocenters. The quantitative estimate of drug-likeness (QED) is 0.413. The maximum Gasteiger partial charge on any atom is 0.242 e. The first kappa shape index (κ1) is 25.1. The van der Waals surface area contributed by atoms with E-state index in [1.807, 2.05) is 31.2 Å². The Labute approximate surface area is 200 Å². The number of nitrogens with zero attached hydrogens (tertiary/aromatic N) is 1. The van der Waals surface area contributed by atoms with Crippen LogP contribution in [0.3, 0.4) is 0 Å². The predicted octanol–water partition coefficient (Wildman–Crippen LogP) is 5.93. The van der Waals surface area contributed by atoms with Gasteiger partial charge in [-0.05, 0) is 48.7 Å². The zero-order chi connectivity index (χ0) is 22.1. The molecule has 1 N–H and O–H groups in total. The van der Waals surface area contributed by atoms with E-state index < -0.39 is 6.04 Å². The van der Waals surface area contributed by atoms with Crippen molar-refractivity contribution in [2.75, 3.05) is 12.3 Å². The van der Waals surface area contributed by atoms with Gasteiger partial charge in [0.1, 0.15) is 6.04 Å². The lowest BCUT2D eigenvalue weighted by molar-refractivity contribution is -0.138. The molecule has 0 aromatic heterocycles. The van der Waals surface area contributed by atoms with Crippen LogP contribution in [0.1, 0.15) is 31.4 Å². The van der Waals surface area contributed by atoms with E-state index in [0.29, 0.717) is 28.9 Å². The first-order chi connectivity index (χ1) is 14.3. The van der Waals surface area contributed by atoms with Gasteiger partial charge in [0.05, 0.1) is 5.75 Å². The molecule has 0 radical (unpaired) electrons. The maximum absolute atomic E-state index is 13.0. The van der Waals surface area contributed by atoms with Gasteiger partial charge < -0.3 is 10.2 Å². The predicted molar refractivity (Wildman–Crippen MR) is 130 cm³/mol. The molecule has 1 atom stereocenters. The summed E-state index contributed by atoms with van der Waals surface area (Å²) in [6, 6.07) is 12.5. The summed E-state index contributed by atoms with van der Waals surface area (Å²) in [6.07, 6.45) is 0.841. The molecule has 8 heteroatoms. The smallest absolute Gasteiger partial charge is 0.242 e. The monoisotopic (exact) mass is 530 g/mol. The molecule has 2 aromatic carbocycles. The number of carbonyl (C=O) groups excluding carboxylic acids is 2. The number of carbonyl (C=O) groups is 2. The summed E-state index contributed by atoms with van der Waals surface area (Å²) in [5.41, 5.74) is 1.77. The number of amides is 2. The first-order valence-electron chi connectivity index (χ1n) is 9.65. The average Bonchev–Trinajstić information content (AvgIpc) is 2.73. The molecule has 0 saturated heterocycles. The zero-order valence-electron chi connectivity index (χ0n) is 17.0. The third kappa shape index (κ3) is 7.49. The number of rotatable bonds is 10. The fourth-order valence-corrected chi connectivity index (χ4v) is 4.67. The lowest BCUT2D eigenvalue weighted by Crippen LogP contribution is -2.48. The Morgan fingerprint density at radius 2 is 1.77 bits per heavy atom. The van der Waals surface area contributed by atoms with Crippen LogP contribution in [0.2, 0.25) is 10.0 Å². The van der Waals surface area contributed by atoms with Crippen LogP contribution in [0.4, 0.5) is 0 Å². The topological polar surface area (TPSA) is 49.4 Å². The van der Waals surface area contributed by atoms with E-state index in [0.717, 1.165) is 22.0 Å². The number of hydrogen-bond acceptors (Lipinski definition) is 3. The van der Waals surface area contributed by atoms with Crippen LogP contribution >= 0.6 is 50.9 Å². The zero-order valence-corrected chi connectivity index (χ0v) is 20.9. The molecule has 4 nitrogen and oxygen atoms in total. The Morgan fingerprint density at radius 3 is 2.37 bits per heavy atom. The van der Waals surface area contributed by atoms with Crippen molar-refractivity contribution in [2.24, 2.45) is 0 Å². The molecule has 0 saturated carbocycles. The minimum absolute atomic E-state index is 0.106. The van der Waals surface area contributed by atoms with E-state index >= 15 is 0 Å². The van der Waals surface area contributed by atoms with Crippen LogP contribution in [-0.4, -0.2) is 35.1 Å². The van der Waals surface area contributed by atoms with Crippen molar-refractivity contribution >= 4 is 62.7 Å². The van der Waals surface area contributed by atoms with E-state index in [-0.39, 0.29) is 17.6 Å². The summed E-state index contributed by atoms with van der Waals surface area (Å²) in [5.74, 6) is 0.489. The van der Waals surface area contributed by atoms with Gasteiger partial charge in [-0.3, -0.25) is 9.59 Å². The van der Waals surface area contributed by atoms with Gasteiger partial charge in [-0.25, -0.2) is 0 Å². The second-order valence-corrected chi connectivity index (χ2v) is 9.52. The Bertz CT molecular complexity index is 844. The lowest BCUT2D eigenvalue weighted by Gasteiger charge is -2.29. The van der Waals surface area contributed by atoms with Gasteiger partial charge >= 0.3 is 0 Å². The molecular weight excluding hydrogens is 507 g/mol. The fraction of sp³-hybridized carbons (Fsp3) is 0.364. The summed E-state index contributed by atoms with van der Waals surface area (Å²) in [5, 5.41) is 4.05. The van der Waals surface area contributed by atoms with Crippen molar-refractivity contribution in [1.82, 2.24) is 10.2 Å². The van der Waals surface area contributed by atoms with E-state index in [4.69, 9.17) is 23.2 Å². The fourth-order valence-electron chi connectivity index (χ4n) is 2.76. The second-order valence-electron chi connectivity index (χ2n) is 6.81. The summed E-state index contributed by atoms with van der Waals surface area (Å²) >= 11 is 17.3.